The van der Waals surface area contributed by atoms with E-state index < -0.39 is 5.82 Å². The van der Waals surface area contributed by atoms with Gasteiger partial charge in [0.1, 0.15) is 0 Å². The lowest BCUT2D eigenvalue weighted by atomic mass is 9.42. The summed E-state index contributed by atoms with van der Waals surface area (Å²) in [5, 5.41) is 9.51. The Bertz CT molecular complexity index is 1380. The number of aromatic nitrogens is 5. The van der Waals surface area contributed by atoms with Crippen LogP contribution < -0.4 is 5.56 Å². The summed E-state index contributed by atoms with van der Waals surface area (Å²) in [6, 6.07) is 3.25. The molecule has 0 aromatic carbocycles. The SMILES string of the molecule is CC.Cc1cn2cc(-c3ncc4c(=O)n(C5CCB(C#N)CC5)ccc4n3)cc(F)c2n1. The fraction of sp³-hybridized carbons (Fsp3) is 0.348. The van der Waals surface area contributed by atoms with Gasteiger partial charge in [0, 0.05) is 42.4 Å². The second kappa shape index (κ2) is 8.91. The molecule has 9 heteroatoms. The van der Waals surface area contributed by atoms with Crippen LogP contribution in [0.15, 0.2) is 41.7 Å². The fourth-order valence-electron chi connectivity index (χ4n) is 4.26. The number of aryl methyl sites for hydroxylation is 1. The molecular formula is C23H24BFN6O. The van der Waals surface area contributed by atoms with Gasteiger partial charge in [0.05, 0.1) is 16.6 Å². The molecule has 4 aromatic heterocycles. The number of nitriles is 1. The Hall–Kier alpha value is -3.54. The van der Waals surface area contributed by atoms with E-state index in [1.807, 2.05) is 13.8 Å². The average Bonchev–Trinajstić information content (AvgIpc) is 3.21. The third kappa shape index (κ3) is 3.88. The molecule has 0 aliphatic carbocycles. The zero-order valence-corrected chi connectivity index (χ0v) is 18.4. The summed E-state index contributed by atoms with van der Waals surface area (Å²) < 4.78 is 17.8. The molecule has 0 saturated carbocycles. The molecule has 7 nitrogen and oxygen atoms in total. The maximum absolute atomic E-state index is 14.4. The predicted molar refractivity (Wildman–Crippen MR) is 123 cm³/mol. The second-order valence-corrected chi connectivity index (χ2v) is 7.85. The van der Waals surface area contributed by atoms with Crippen molar-refractivity contribution in [3.63, 3.8) is 0 Å². The van der Waals surface area contributed by atoms with Crippen LogP contribution >= 0.6 is 0 Å². The minimum absolute atomic E-state index is 0.0836. The first-order valence-electron chi connectivity index (χ1n) is 11.0. The maximum atomic E-state index is 14.4. The molecule has 0 amide bonds. The second-order valence-electron chi connectivity index (χ2n) is 7.85. The number of halogens is 1. The minimum atomic E-state index is -0.451. The summed E-state index contributed by atoms with van der Waals surface area (Å²) in [6.45, 7) is 5.89. The van der Waals surface area contributed by atoms with E-state index >= 15 is 0 Å². The van der Waals surface area contributed by atoms with E-state index in [0.717, 1.165) is 31.2 Å². The summed E-state index contributed by atoms with van der Waals surface area (Å²) in [4.78, 5) is 26.0. The van der Waals surface area contributed by atoms with E-state index in [1.165, 1.54) is 12.3 Å². The van der Waals surface area contributed by atoms with Crippen LogP contribution in [0.25, 0.3) is 27.9 Å². The molecule has 0 radical (unpaired) electrons. The van der Waals surface area contributed by atoms with Crippen molar-refractivity contribution < 1.29 is 4.39 Å². The molecule has 4 aromatic rings. The zero-order chi connectivity index (χ0) is 22.8. The molecule has 162 valence electrons. The molecule has 0 bridgehead atoms. The highest BCUT2D eigenvalue weighted by Crippen LogP contribution is 2.28. The summed E-state index contributed by atoms with van der Waals surface area (Å²) in [5.41, 5.74) is 1.87. The first-order chi connectivity index (χ1) is 15.5. The van der Waals surface area contributed by atoms with Crippen LogP contribution in [-0.4, -0.2) is 30.6 Å². The maximum Gasteiger partial charge on any atom is 0.268 e. The smallest absolute Gasteiger partial charge is 0.268 e. The minimum Gasteiger partial charge on any atom is -0.312 e. The molecule has 0 spiro atoms. The van der Waals surface area contributed by atoms with Crippen molar-refractivity contribution in [3.8, 4) is 17.4 Å². The first-order valence-corrected chi connectivity index (χ1v) is 11.0. The van der Waals surface area contributed by atoms with Gasteiger partial charge in [-0.1, -0.05) is 26.5 Å². The van der Waals surface area contributed by atoms with Gasteiger partial charge in [-0.05, 0) is 31.9 Å². The molecule has 5 rings (SSSR count). The van der Waals surface area contributed by atoms with Gasteiger partial charge in [-0.2, -0.15) is 0 Å². The van der Waals surface area contributed by atoms with Crippen molar-refractivity contribution >= 4 is 23.3 Å². The van der Waals surface area contributed by atoms with E-state index in [-0.39, 0.29) is 24.0 Å². The lowest BCUT2D eigenvalue weighted by Gasteiger charge is -2.25. The largest absolute Gasteiger partial charge is 0.312 e. The Morgan fingerprint density at radius 1 is 1.22 bits per heavy atom. The van der Waals surface area contributed by atoms with E-state index in [1.54, 1.807) is 40.5 Å². The molecule has 1 aliphatic rings. The van der Waals surface area contributed by atoms with Crippen LogP contribution in [0.2, 0.25) is 12.6 Å². The van der Waals surface area contributed by atoms with E-state index in [0.29, 0.717) is 22.3 Å². The van der Waals surface area contributed by atoms with Gasteiger partial charge >= 0.3 is 0 Å². The molecule has 5 heterocycles. The molecule has 0 unspecified atom stereocenters. The number of hydrogen-bond donors (Lipinski definition) is 0. The van der Waals surface area contributed by atoms with Crippen molar-refractivity contribution in [3.05, 3.63) is 58.8 Å². The van der Waals surface area contributed by atoms with Gasteiger partial charge < -0.3 is 8.97 Å². The third-order valence-electron chi connectivity index (χ3n) is 5.83. The molecule has 0 atom stereocenters. The highest BCUT2D eigenvalue weighted by molar-refractivity contribution is 6.67. The number of pyridine rings is 2. The molecule has 1 saturated heterocycles. The molecule has 0 N–H and O–H groups in total. The van der Waals surface area contributed by atoms with Crippen molar-refractivity contribution in [1.82, 2.24) is 23.9 Å². The van der Waals surface area contributed by atoms with Gasteiger partial charge in [-0.15, -0.1) is 0 Å². The van der Waals surface area contributed by atoms with Gasteiger partial charge in [-0.3, -0.25) is 4.79 Å². The van der Waals surface area contributed by atoms with E-state index in [2.05, 4.69) is 20.9 Å². The summed E-state index contributed by atoms with van der Waals surface area (Å²) >= 11 is 0. The summed E-state index contributed by atoms with van der Waals surface area (Å²) in [5.74, 6) is 2.22. The van der Waals surface area contributed by atoms with Crippen LogP contribution in [0, 0.1) is 24.0 Å². The zero-order valence-electron chi connectivity index (χ0n) is 18.4. The predicted octanol–water partition coefficient (Wildman–Crippen LogP) is 4.47. The van der Waals surface area contributed by atoms with Gasteiger partial charge in [0.2, 0.25) is 0 Å². The quantitative estimate of drug-likeness (QED) is 0.438. The van der Waals surface area contributed by atoms with Crippen LogP contribution in [-0.2, 0) is 0 Å². The van der Waals surface area contributed by atoms with Gasteiger partial charge in [-0.25, -0.2) is 24.6 Å². The van der Waals surface area contributed by atoms with Crippen LogP contribution in [0.1, 0.15) is 38.4 Å². The normalized spacial score (nSPS) is 14.3. The molecule has 32 heavy (non-hydrogen) atoms. The average molecular weight is 430 g/mol. The first kappa shape index (κ1) is 21.7. The summed E-state index contributed by atoms with van der Waals surface area (Å²) in [6.07, 6.45) is 9.99. The van der Waals surface area contributed by atoms with E-state index in [9.17, 15) is 9.18 Å². The van der Waals surface area contributed by atoms with Gasteiger partial charge in [0.15, 0.2) is 17.3 Å². The lowest BCUT2D eigenvalue weighted by molar-refractivity contribution is 0.444. The molecular weight excluding hydrogens is 406 g/mol. The fourth-order valence-corrected chi connectivity index (χ4v) is 4.26. The number of rotatable bonds is 2. The number of nitrogens with zero attached hydrogens (tertiary/aromatic N) is 6. The Morgan fingerprint density at radius 2 is 1.97 bits per heavy atom. The molecule has 1 aliphatic heterocycles. The van der Waals surface area contributed by atoms with Crippen LogP contribution in [0.5, 0.6) is 0 Å². The van der Waals surface area contributed by atoms with Crippen LogP contribution in [0.3, 0.4) is 0 Å². The topological polar surface area (TPSA) is 88.9 Å². The van der Waals surface area contributed by atoms with E-state index in [4.69, 9.17) is 5.26 Å². The van der Waals surface area contributed by atoms with Crippen molar-refractivity contribution in [1.29, 1.82) is 5.26 Å². The van der Waals surface area contributed by atoms with Crippen molar-refractivity contribution in [2.45, 2.75) is 52.3 Å². The number of hydrogen-bond acceptors (Lipinski definition) is 5. The highest BCUT2D eigenvalue weighted by Gasteiger charge is 2.26. The molecule has 1 fully saturated rings. The van der Waals surface area contributed by atoms with Crippen molar-refractivity contribution in [2.24, 2.45) is 0 Å². The number of imidazole rings is 1. The Kier molecular flexibility index (Phi) is 6.04. The number of fused-ring (bicyclic) bond motifs is 2. The monoisotopic (exact) mass is 430 g/mol. The highest BCUT2D eigenvalue weighted by atomic mass is 19.1. The van der Waals surface area contributed by atoms with Crippen molar-refractivity contribution in [2.75, 3.05) is 0 Å². The Morgan fingerprint density at radius 3 is 2.69 bits per heavy atom. The third-order valence-corrected chi connectivity index (χ3v) is 5.83. The lowest BCUT2D eigenvalue weighted by Crippen LogP contribution is -2.29. The Balaban J connectivity index is 0.00000119. The van der Waals surface area contributed by atoms with Crippen LogP contribution in [0.4, 0.5) is 4.39 Å². The standard InChI is InChI=1S/C21H18BFN6O.C2H6/c1-13-10-28-11-14(8-17(23)20(28)26-13)19-25-9-16-18(27-19)4-7-29(21(16)30)15-2-5-22(12-24)6-3-15;1-2/h4,7-11,15H,2-3,5-6H2,1H3;1-2H3. The Labute approximate surface area is 185 Å². The van der Waals surface area contributed by atoms with Gasteiger partial charge in [0.25, 0.3) is 12.3 Å². The summed E-state index contributed by atoms with van der Waals surface area (Å²) in [7, 11) is 0.